The van der Waals surface area contributed by atoms with Gasteiger partial charge in [0.05, 0.1) is 12.5 Å². The molecule has 2 aromatic carbocycles. The highest BCUT2D eigenvalue weighted by molar-refractivity contribution is 6.31. The van der Waals surface area contributed by atoms with Gasteiger partial charge in [0.2, 0.25) is 5.91 Å². The highest BCUT2D eigenvalue weighted by Crippen LogP contribution is 2.38. The summed E-state index contributed by atoms with van der Waals surface area (Å²) in [5.74, 6) is -0.365. The summed E-state index contributed by atoms with van der Waals surface area (Å²) in [4.78, 5) is 27.0. The van der Waals surface area contributed by atoms with Crippen molar-refractivity contribution in [2.45, 2.75) is 31.3 Å². The number of benzene rings is 2. The Morgan fingerprint density at radius 3 is 2.59 bits per heavy atom. The molecule has 4 nitrogen and oxygen atoms in total. The number of nitrogens with zero attached hydrogens (tertiary/aromatic N) is 1. The zero-order valence-electron chi connectivity index (χ0n) is 14.7. The van der Waals surface area contributed by atoms with E-state index in [0.29, 0.717) is 18.0 Å². The highest BCUT2D eigenvalue weighted by Gasteiger charge is 2.47. The number of carbonyl (C=O) groups is 2. The Morgan fingerprint density at radius 2 is 1.89 bits per heavy atom. The van der Waals surface area contributed by atoms with Crippen LogP contribution in [-0.4, -0.2) is 35.3 Å². The summed E-state index contributed by atoms with van der Waals surface area (Å²) in [5, 5.41) is 3.33. The van der Waals surface area contributed by atoms with Crippen LogP contribution in [0.2, 0.25) is 5.02 Å². The van der Waals surface area contributed by atoms with Crippen LogP contribution in [0.5, 0.6) is 0 Å². The summed E-state index contributed by atoms with van der Waals surface area (Å²) in [6, 6.07) is 13.4. The lowest BCUT2D eigenvalue weighted by Crippen LogP contribution is -2.52. The normalized spacial score (nSPS) is 23.5. The number of hydrogen-bond acceptors (Lipinski definition) is 2. The molecule has 2 aliphatic rings. The first-order chi connectivity index (χ1) is 13.0. The zero-order chi connectivity index (χ0) is 19.0. The maximum absolute atomic E-state index is 14.0. The fourth-order valence-corrected chi connectivity index (χ4v) is 4.49. The number of carbonyl (C=O) groups excluding carboxylic acids is 2. The van der Waals surface area contributed by atoms with E-state index in [1.165, 1.54) is 12.1 Å². The summed E-state index contributed by atoms with van der Waals surface area (Å²) >= 11 is 6.06. The Kier molecular flexibility index (Phi) is 4.87. The van der Waals surface area contributed by atoms with Gasteiger partial charge in [0.25, 0.3) is 5.91 Å². The highest BCUT2D eigenvalue weighted by atomic mass is 35.5. The van der Waals surface area contributed by atoms with Crippen LogP contribution in [0.3, 0.4) is 0 Å². The summed E-state index contributed by atoms with van der Waals surface area (Å²) in [5.41, 5.74) is 0.841. The number of halogens is 2. The van der Waals surface area contributed by atoms with E-state index in [-0.39, 0.29) is 40.9 Å². The molecule has 1 saturated heterocycles. The molecular weight excluding hydrogens is 367 g/mol. The number of hydrogen-bond donors (Lipinski definition) is 1. The van der Waals surface area contributed by atoms with Crippen LogP contribution < -0.4 is 5.32 Å². The zero-order valence-corrected chi connectivity index (χ0v) is 15.5. The van der Waals surface area contributed by atoms with Gasteiger partial charge in [0.15, 0.2) is 0 Å². The molecule has 140 valence electrons. The average Bonchev–Trinajstić information content (AvgIpc) is 3.26. The fraction of sp³-hybridized carbons (Fsp3) is 0.333. The van der Waals surface area contributed by atoms with E-state index in [2.05, 4.69) is 5.32 Å². The van der Waals surface area contributed by atoms with E-state index >= 15 is 0 Å². The minimum absolute atomic E-state index is 0.0410. The van der Waals surface area contributed by atoms with Gasteiger partial charge in [0.1, 0.15) is 5.82 Å². The smallest absolute Gasteiger partial charge is 0.251 e. The SMILES string of the molecule is O=C(NC1CC2CC1N(C(=O)Cc1c(F)cccc1Cl)C2)c1ccccc1. The largest absolute Gasteiger partial charge is 0.347 e. The van der Waals surface area contributed by atoms with Gasteiger partial charge in [-0.3, -0.25) is 9.59 Å². The predicted octanol–water partition coefficient (Wildman–Crippen LogP) is 3.44. The first-order valence-corrected chi connectivity index (χ1v) is 9.49. The Bertz CT molecular complexity index is 853. The van der Waals surface area contributed by atoms with E-state index < -0.39 is 5.82 Å². The first-order valence-electron chi connectivity index (χ1n) is 9.11. The number of fused-ring (bicyclic) bond motifs is 2. The topological polar surface area (TPSA) is 49.4 Å². The lowest BCUT2D eigenvalue weighted by Gasteiger charge is -2.34. The van der Waals surface area contributed by atoms with Crippen LogP contribution >= 0.6 is 11.6 Å². The van der Waals surface area contributed by atoms with Crippen LogP contribution in [0, 0.1) is 11.7 Å². The summed E-state index contributed by atoms with van der Waals surface area (Å²) in [6.45, 7) is 0.660. The maximum atomic E-state index is 14.0. The predicted molar refractivity (Wildman–Crippen MR) is 101 cm³/mol. The lowest BCUT2D eigenvalue weighted by atomic mass is 10.0. The molecule has 2 fully saturated rings. The molecule has 0 spiro atoms. The third kappa shape index (κ3) is 3.56. The Labute approximate surface area is 162 Å². The van der Waals surface area contributed by atoms with E-state index in [0.717, 1.165) is 12.8 Å². The van der Waals surface area contributed by atoms with Crippen molar-refractivity contribution in [3.8, 4) is 0 Å². The lowest BCUT2D eigenvalue weighted by molar-refractivity contribution is -0.132. The number of nitrogens with one attached hydrogen (secondary N) is 1. The summed E-state index contributed by atoms with van der Waals surface area (Å²) in [7, 11) is 0. The molecule has 3 atom stereocenters. The van der Waals surface area contributed by atoms with Gasteiger partial charge in [-0.1, -0.05) is 35.9 Å². The monoisotopic (exact) mass is 386 g/mol. The van der Waals surface area contributed by atoms with E-state index in [1.807, 2.05) is 18.2 Å². The Morgan fingerprint density at radius 1 is 1.11 bits per heavy atom. The van der Waals surface area contributed by atoms with Crippen molar-refractivity contribution < 1.29 is 14.0 Å². The second kappa shape index (κ2) is 7.31. The van der Waals surface area contributed by atoms with E-state index in [1.54, 1.807) is 23.1 Å². The molecule has 1 heterocycles. The third-order valence-electron chi connectivity index (χ3n) is 5.54. The second-order valence-electron chi connectivity index (χ2n) is 7.27. The van der Waals surface area contributed by atoms with Crippen molar-refractivity contribution in [3.63, 3.8) is 0 Å². The van der Waals surface area contributed by atoms with Gasteiger partial charge in [-0.15, -0.1) is 0 Å². The average molecular weight is 387 g/mol. The molecule has 27 heavy (non-hydrogen) atoms. The van der Waals surface area contributed by atoms with Crippen LogP contribution in [-0.2, 0) is 11.2 Å². The summed E-state index contributed by atoms with van der Waals surface area (Å²) in [6.07, 6.45) is 1.68. The van der Waals surface area contributed by atoms with Crippen LogP contribution in [0.15, 0.2) is 48.5 Å². The van der Waals surface area contributed by atoms with Crippen LogP contribution in [0.4, 0.5) is 4.39 Å². The van der Waals surface area contributed by atoms with Gasteiger partial charge >= 0.3 is 0 Å². The number of piperidine rings is 1. The molecule has 1 N–H and O–H groups in total. The standard InChI is InChI=1S/C21H20ClFN2O2/c22-16-7-4-8-17(23)15(16)11-20(26)25-12-13-9-18(19(25)10-13)24-21(27)14-5-2-1-3-6-14/h1-8,13,18-19H,9-12H2,(H,24,27). The van der Waals surface area contributed by atoms with Crippen molar-refractivity contribution in [1.82, 2.24) is 10.2 Å². The van der Waals surface area contributed by atoms with E-state index in [4.69, 9.17) is 11.6 Å². The Balaban J connectivity index is 1.45. The molecule has 2 bridgehead atoms. The summed E-state index contributed by atoms with van der Waals surface area (Å²) < 4.78 is 14.0. The number of rotatable bonds is 4. The van der Waals surface area contributed by atoms with Gasteiger partial charge in [-0.2, -0.15) is 0 Å². The molecule has 2 amide bonds. The van der Waals surface area contributed by atoms with Crippen LogP contribution in [0.1, 0.15) is 28.8 Å². The van der Waals surface area contributed by atoms with Gasteiger partial charge in [-0.05, 0) is 43.0 Å². The molecule has 1 aliphatic carbocycles. The quantitative estimate of drug-likeness (QED) is 0.875. The first kappa shape index (κ1) is 18.0. The van der Waals surface area contributed by atoms with Gasteiger partial charge < -0.3 is 10.2 Å². The molecule has 1 saturated carbocycles. The van der Waals surface area contributed by atoms with Crippen molar-refractivity contribution >= 4 is 23.4 Å². The van der Waals surface area contributed by atoms with Crippen molar-refractivity contribution in [1.29, 1.82) is 0 Å². The number of amides is 2. The molecule has 1 aliphatic heterocycles. The molecule has 6 heteroatoms. The third-order valence-corrected chi connectivity index (χ3v) is 5.90. The van der Waals surface area contributed by atoms with Crippen LogP contribution in [0.25, 0.3) is 0 Å². The fourth-order valence-electron chi connectivity index (χ4n) is 4.26. The molecule has 0 radical (unpaired) electrons. The van der Waals surface area contributed by atoms with Crippen molar-refractivity contribution in [2.75, 3.05) is 6.54 Å². The minimum Gasteiger partial charge on any atom is -0.347 e. The molecule has 2 aromatic rings. The van der Waals surface area contributed by atoms with Crippen molar-refractivity contribution in [3.05, 3.63) is 70.5 Å². The molecule has 3 unspecified atom stereocenters. The minimum atomic E-state index is -0.464. The Hall–Kier alpha value is -2.40. The molecule has 4 rings (SSSR count). The van der Waals surface area contributed by atoms with E-state index in [9.17, 15) is 14.0 Å². The van der Waals surface area contributed by atoms with Crippen molar-refractivity contribution in [2.24, 2.45) is 5.92 Å². The van der Waals surface area contributed by atoms with Gasteiger partial charge in [0, 0.05) is 28.7 Å². The molecule has 0 aromatic heterocycles. The molecular formula is C21H20ClFN2O2. The maximum Gasteiger partial charge on any atom is 0.251 e. The van der Waals surface area contributed by atoms with Gasteiger partial charge in [-0.25, -0.2) is 4.39 Å². The number of likely N-dealkylation sites (tertiary alicyclic amines) is 1. The second-order valence-corrected chi connectivity index (χ2v) is 7.68.